The average Bonchev–Trinajstić information content (AvgIpc) is 2.53. The number of hydrogen-bond acceptors (Lipinski definition) is 2. The van der Waals surface area contributed by atoms with Gasteiger partial charge in [-0.3, -0.25) is 0 Å². The third-order valence-electron chi connectivity index (χ3n) is 4.16. The summed E-state index contributed by atoms with van der Waals surface area (Å²) >= 11 is 3.62. The Morgan fingerprint density at radius 1 is 1.24 bits per heavy atom. The van der Waals surface area contributed by atoms with Crippen molar-refractivity contribution >= 4 is 15.9 Å². The molecular formula is C18H20BrNO. The summed E-state index contributed by atoms with van der Waals surface area (Å²) < 4.78 is 6.54. The van der Waals surface area contributed by atoms with E-state index >= 15 is 0 Å². The summed E-state index contributed by atoms with van der Waals surface area (Å²) in [6.07, 6.45) is 3.60. The van der Waals surface area contributed by atoms with Crippen LogP contribution in [0, 0.1) is 0 Å². The predicted molar refractivity (Wildman–Crippen MR) is 89.7 cm³/mol. The molecule has 2 aromatic rings. The van der Waals surface area contributed by atoms with Crippen molar-refractivity contribution in [3.8, 4) is 5.75 Å². The fourth-order valence-electron chi connectivity index (χ4n) is 2.99. The highest BCUT2D eigenvalue weighted by Crippen LogP contribution is 2.32. The normalized spacial score (nSPS) is 17.3. The highest BCUT2D eigenvalue weighted by molar-refractivity contribution is 9.10. The van der Waals surface area contributed by atoms with Crippen molar-refractivity contribution < 1.29 is 4.74 Å². The van der Waals surface area contributed by atoms with Crippen LogP contribution in [0.4, 0.5) is 0 Å². The zero-order chi connectivity index (χ0) is 14.7. The van der Waals surface area contributed by atoms with Gasteiger partial charge in [0.25, 0.3) is 0 Å². The molecule has 0 heterocycles. The zero-order valence-electron chi connectivity index (χ0n) is 12.2. The van der Waals surface area contributed by atoms with Gasteiger partial charge in [0.2, 0.25) is 0 Å². The van der Waals surface area contributed by atoms with Crippen molar-refractivity contribution in [3.63, 3.8) is 0 Å². The van der Waals surface area contributed by atoms with Gasteiger partial charge in [-0.1, -0.05) is 40.2 Å². The van der Waals surface area contributed by atoms with Crippen LogP contribution in [-0.4, -0.2) is 7.11 Å². The molecule has 0 bridgehead atoms. The van der Waals surface area contributed by atoms with E-state index in [1.165, 1.54) is 40.4 Å². The third-order valence-corrected chi connectivity index (χ3v) is 4.94. The Kier molecular flexibility index (Phi) is 4.61. The lowest BCUT2D eigenvalue weighted by molar-refractivity contribution is 0.408. The first kappa shape index (κ1) is 14.6. The highest BCUT2D eigenvalue weighted by Gasteiger charge is 2.20. The fraction of sp³-hybridized carbons (Fsp3) is 0.333. The van der Waals surface area contributed by atoms with Gasteiger partial charge in [-0.25, -0.2) is 0 Å². The molecule has 0 fully saturated rings. The largest absolute Gasteiger partial charge is 0.497 e. The third kappa shape index (κ3) is 3.30. The molecule has 1 aliphatic carbocycles. The number of methoxy groups -OCH3 is 1. The Morgan fingerprint density at radius 3 is 2.90 bits per heavy atom. The predicted octanol–water partition coefficient (Wildman–Crippen LogP) is 4.62. The summed E-state index contributed by atoms with van der Waals surface area (Å²) in [4.78, 5) is 0. The maximum Gasteiger partial charge on any atom is 0.119 e. The van der Waals surface area contributed by atoms with Crippen molar-refractivity contribution in [2.75, 3.05) is 7.11 Å². The van der Waals surface area contributed by atoms with Gasteiger partial charge in [0.1, 0.15) is 5.75 Å². The number of benzene rings is 2. The maximum atomic E-state index is 5.38. The highest BCUT2D eigenvalue weighted by atomic mass is 79.9. The number of fused-ring (bicyclic) bond motifs is 1. The molecule has 0 saturated carbocycles. The molecule has 1 N–H and O–H groups in total. The van der Waals surface area contributed by atoms with Crippen molar-refractivity contribution in [1.82, 2.24) is 5.32 Å². The van der Waals surface area contributed by atoms with Gasteiger partial charge in [0.05, 0.1) is 7.11 Å². The smallest absolute Gasteiger partial charge is 0.119 e. The van der Waals surface area contributed by atoms with Crippen LogP contribution in [0.15, 0.2) is 46.9 Å². The molecule has 1 atom stereocenters. The quantitative estimate of drug-likeness (QED) is 0.872. The Labute approximate surface area is 134 Å². The van der Waals surface area contributed by atoms with E-state index in [4.69, 9.17) is 4.74 Å². The van der Waals surface area contributed by atoms with E-state index < -0.39 is 0 Å². The Morgan fingerprint density at radius 2 is 2.10 bits per heavy atom. The van der Waals surface area contributed by atoms with Gasteiger partial charge in [-0.15, -0.1) is 0 Å². The van der Waals surface area contributed by atoms with E-state index in [0.29, 0.717) is 6.04 Å². The summed E-state index contributed by atoms with van der Waals surface area (Å²) in [6, 6.07) is 15.3. The Balaban J connectivity index is 1.77. The standard InChI is InChI=1S/C18H20BrNO/c1-21-15-10-9-13-6-4-8-18(16(13)11-15)20-12-14-5-2-3-7-17(14)19/h2-3,5,7,9-11,18,20H,4,6,8,12H2,1H3. The minimum Gasteiger partial charge on any atom is -0.497 e. The van der Waals surface area contributed by atoms with Crippen LogP contribution in [0.3, 0.4) is 0 Å². The Bertz CT molecular complexity index is 626. The first-order valence-electron chi connectivity index (χ1n) is 7.41. The van der Waals surface area contributed by atoms with Gasteiger partial charge in [-0.05, 0) is 54.2 Å². The van der Waals surface area contributed by atoms with Gasteiger partial charge < -0.3 is 10.1 Å². The topological polar surface area (TPSA) is 21.3 Å². The first-order valence-corrected chi connectivity index (χ1v) is 8.21. The summed E-state index contributed by atoms with van der Waals surface area (Å²) in [7, 11) is 1.73. The molecule has 1 unspecified atom stereocenters. The van der Waals surface area contributed by atoms with Gasteiger partial charge >= 0.3 is 0 Å². The van der Waals surface area contributed by atoms with Gasteiger partial charge in [0, 0.05) is 17.1 Å². The molecule has 1 aliphatic rings. The van der Waals surface area contributed by atoms with E-state index in [9.17, 15) is 0 Å². The molecule has 0 amide bonds. The number of ether oxygens (including phenoxy) is 1. The lowest BCUT2D eigenvalue weighted by Gasteiger charge is -2.27. The molecule has 110 valence electrons. The number of aryl methyl sites for hydroxylation is 1. The second-order valence-electron chi connectivity index (χ2n) is 5.48. The monoisotopic (exact) mass is 345 g/mol. The maximum absolute atomic E-state index is 5.38. The van der Waals surface area contributed by atoms with E-state index in [0.717, 1.165) is 12.3 Å². The van der Waals surface area contributed by atoms with Crippen LogP contribution in [0.1, 0.15) is 35.6 Å². The minimum atomic E-state index is 0.413. The molecule has 2 aromatic carbocycles. The number of halogens is 1. The summed E-state index contributed by atoms with van der Waals surface area (Å²) in [6.45, 7) is 0.878. The second kappa shape index (κ2) is 6.63. The molecule has 0 saturated heterocycles. The van der Waals surface area contributed by atoms with Crippen LogP contribution < -0.4 is 10.1 Å². The van der Waals surface area contributed by atoms with E-state index in [-0.39, 0.29) is 0 Å². The lowest BCUT2D eigenvalue weighted by Crippen LogP contribution is -2.25. The minimum absolute atomic E-state index is 0.413. The number of rotatable bonds is 4. The second-order valence-corrected chi connectivity index (χ2v) is 6.34. The Hall–Kier alpha value is -1.32. The van der Waals surface area contributed by atoms with Crippen molar-refractivity contribution in [1.29, 1.82) is 0 Å². The van der Waals surface area contributed by atoms with Gasteiger partial charge in [0.15, 0.2) is 0 Å². The van der Waals surface area contributed by atoms with Crippen LogP contribution in [0.2, 0.25) is 0 Å². The molecule has 3 rings (SSSR count). The molecule has 3 heteroatoms. The van der Waals surface area contributed by atoms with Crippen LogP contribution >= 0.6 is 15.9 Å². The molecule has 0 radical (unpaired) electrons. The first-order chi connectivity index (χ1) is 10.3. The van der Waals surface area contributed by atoms with Gasteiger partial charge in [-0.2, -0.15) is 0 Å². The average molecular weight is 346 g/mol. The zero-order valence-corrected chi connectivity index (χ0v) is 13.8. The van der Waals surface area contributed by atoms with Crippen molar-refractivity contribution in [2.24, 2.45) is 0 Å². The SMILES string of the molecule is COc1ccc2c(c1)C(NCc1ccccc1Br)CCC2. The van der Waals surface area contributed by atoms with E-state index in [2.05, 4.69) is 57.6 Å². The molecule has 21 heavy (non-hydrogen) atoms. The van der Waals surface area contributed by atoms with Crippen LogP contribution in [-0.2, 0) is 13.0 Å². The number of nitrogens with one attached hydrogen (secondary N) is 1. The molecule has 0 spiro atoms. The lowest BCUT2D eigenvalue weighted by atomic mass is 9.87. The van der Waals surface area contributed by atoms with Crippen LogP contribution in [0.25, 0.3) is 0 Å². The summed E-state index contributed by atoms with van der Waals surface area (Å²) in [5, 5.41) is 3.70. The van der Waals surface area contributed by atoms with E-state index in [1.54, 1.807) is 7.11 Å². The summed E-state index contributed by atoms with van der Waals surface area (Å²) in [5.41, 5.74) is 4.15. The van der Waals surface area contributed by atoms with Crippen molar-refractivity contribution in [2.45, 2.75) is 31.8 Å². The molecule has 0 aromatic heterocycles. The number of hydrogen-bond donors (Lipinski definition) is 1. The molecule has 0 aliphatic heterocycles. The summed E-state index contributed by atoms with van der Waals surface area (Å²) in [5.74, 6) is 0.948. The van der Waals surface area contributed by atoms with Crippen LogP contribution in [0.5, 0.6) is 5.75 Å². The van der Waals surface area contributed by atoms with Crippen molar-refractivity contribution in [3.05, 3.63) is 63.6 Å². The van der Waals surface area contributed by atoms with E-state index in [1.807, 2.05) is 6.07 Å². The molecular weight excluding hydrogens is 326 g/mol. The fourth-order valence-corrected chi connectivity index (χ4v) is 3.42. The molecule has 2 nitrogen and oxygen atoms in total.